The van der Waals surface area contributed by atoms with E-state index in [0.29, 0.717) is 0 Å². The molecule has 0 rings (SSSR count). The normalized spacial score (nSPS) is 11.9. The summed E-state index contributed by atoms with van der Waals surface area (Å²) in [6.45, 7) is 1.16. The zero-order chi connectivity index (χ0) is 9.72. The van der Waals surface area contributed by atoms with E-state index in [2.05, 4.69) is 20.7 Å². The Morgan fingerprint density at radius 3 is 2.25 bits per heavy atom. The van der Waals surface area contributed by atoms with Gasteiger partial charge < -0.3 is 4.74 Å². The number of rotatable bonds is 4. The van der Waals surface area contributed by atoms with Crippen LogP contribution in [0.4, 0.5) is 0 Å². The molecule has 0 aliphatic heterocycles. The van der Waals surface area contributed by atoms with E-state index in [1.165, 1.54) is 7.11 Å². The summed E-state index contributed by atoms with van der Waals surface area (Å²) in [6.07, 6.45) is -0.116. The Morgan fingerprint density at radius 1 is 1.42 bits per heavy atom. The molecule has 0 saturated heterocycles. The van der Waals surface area contributed by atoms with Gasteiger partial charge >= 0.3 is 5.97 Å². The summed E-state index contributed by atoms with van der Waals surface area (Å²) in [6, 6.07) is 0. The van der Waals surface area contributed by atoms with Crippen LogP contribution in [0.3, 0.4) is 0 Å². The van der Waals surface area contributed by atoms with Gasteiger partial charge in [-0.3, -0.25) is 14.4 Å². The molecule has 0 aromatic rings. The van der Waals surface area contributed by atoms with Crippen LogP contribution in [0.25, 0.3) is 0 Å². The maximum atomic E-state index is 10.9. The number of methoxy groups -OCH3 is 1. The van der Waals surface area contributed by atoms with Crippen molar-refractivity contribution < 1.29 is 19.1 Å². The van der Waals surface area contributed by atoms with Crippen molar-refractivity contribution in [3.63, 3.8) is 0 Å². The molecular weight excluding hydrogens is 228 g/mol. The van der Waals surface area contributed by atoms with Crippen LogP contribution < -0.4 is 0 Å². The highest BCUT2D eigenvalue weighted by Crippen LogP contribution is 2.07. The number of esters is 1. The highest BCUT2D eigenvalue weighted by Gasteiger charge is 2.22. The summed E-state index contributed by atoms with van der Waals surface area (Å²) in [5, 5.41) is 0. The van der Waals surface area contributed by atoms with Gasteiger partial charge in [-0.05, 0) is 0 Å². The van der Waals surface area contributed by atoms with Crippen LogP contribution in [-0.2, 0) is 19.1 Å². The number of ketones is 2. The van der Waals surface area contributed by atoms with E-state index in [0.717, 1.165) is 6.92 Å². The number of Topliss-reactive ketones (excluding diaryl/α,β-unsaturated/α-hetero) is 2. The fourth-order valence-electron chi connectivity index (χ4n) is 0.543. The van der Waals surface area contributed by atoms with Crippen LogP contribution >= 0.6 is 15.9 Å². The van der Waals surface area contributed by atoms with Crippen molar-refractivity contribution in [1.29, 1.82) is 0 Å². The summed E-state index contributed by atoms with van der Waals surface area (Å²) in [7, 11) is 1.22. The van der Waals surface area contributed by atoms with Crippen molar-refractivity contribution in [2.45, 2.75) is 18.2 Å². The van der Waals surface area contributed by atoms with Gasteiger partial charge in [0.25, 0.3) is 0 Å². The lowest BCUT2D eigenvalue weighted by molar-refractivity contribution is -0.142. The number of carbonyl (C=O) groups is 3. The van der Waals surface area contributed by atoms with E-state index in [9.17, 15) is 14.4 Å². The zero-order valence-electron chi connectivity index (χ0n) is 6.80. The van der Waals surface area contributed by atoms with Crippen LogP contribution in [0.15, 0.2) is 0 Å². The van der Waals surface area contributed by atoms with Gasteiger partial charge in [0.2, 0.25) is 5.78 Å². The highest BCUT2D eigenvalue weighted by molar-refractivity contribution is 9.10. The molecule has 0 radical (unpaired) electrons. The molecule has 0 heterocycles. The number of carbonyl (C=O) groups excluding carboxylic acids is 3. The Kier molecular flexibility index (Phi) is 4.73. The van der Waals surface area contributed by atoms with Crippen LogP contribution in [0.5, 0.6) is 0 Å². The summed E-state index contributed by atoms with van der Waals surface area (Å²) in [4.78, 5) is 31.3. The van der Waals surface area contributed by atoms with Crippen LogP contribution in [0, 0.1) is 0 Å². The van der Waals surface area contributed by atoms with Gasteiger partial charge in [-0.25, -0.2) is 0 Å². The average molecular weight is 237 g/mol. The minimum absolute atomic E-state index is 0.116. The van der Waals surface area contributed by atoms with Crippen molar-refractivity contribution in [2.24, 2.45) is 0 Å². The molecule has 0 N–H and O–H groups in total. The maximum Gasteiger partial charge on any atom is 0.307 e. The fourth-order valence-corrected chi connectivity index (χ4v) is 1.13. The highest BCUT2D eigenvalue weighted by atomic mass is 79.9. The lowest BCUT2D eigenvalue weighted by atomic mass is 10.2. The second-order valence-electron chi connectivity index (χ2n) is 2.17. The summed E-state index contributed by atoms with van der Waals surface area (Å²) in [5.74, 6) is -1.70. The van der Waals surface area contributed by atoms with Gasteiger partial charge in [-0.1, -0.05) is 15.9 Å². The minimum Gasteiger partial charge on any atom is -0.469 e. The predicted molar refractivity (Wildman–Crippen MR) is 45.0 cm³/mol. The number of hydrogen-bond acceptors (Lipinski definition) is 4. The van der Waals surface area contributed by atoms with Crippen molar-refractivity contribution in [1.82, 2.24) is 0 Å². The molecule has 0 bridgehead atoms. The molecule has 0 aromatic carbocycles. The van der Waals surface area contributed by atoms with E-state index in [-0.39, 0.29) is 6.42 Å². The third-order valence-electron chi connectivity index (χ3n) is 1.21. The molecule has 0 spiro atoms. The van der Waals surface area contributed by atoms with E-state index >= 15 is 0 Å². The third kappa shape index (κ3) is 3.61. The van der Waals surface area contributed by atoms with Crippen molar-refractivity contribution in [2.75, 3.05) is 7.11 Å². The van der Waals surface area contributed by atoms with E-state index in [1.807, 2.05) is 0 Å². The number of halogens is 1. The Hall–Kier alpha value is -0.710. The lowest BCUT2D eigenvalue weighted by Crippen LogP contribution is -2.24. The van der Waals surface area contributed by atoms with Gasteiger partial charge in [0.15, 0.2) is 5.78 Å². The third-order valence-corrected chi connectivity index (χ3v) is 1.94. The molecule has 1 unspecified atom stereocenters. The van der Waals surface area contributed by atoms with Crippen molar-refractivity contribution in [3.05, 3.63) is 0 Å². The van der Waals surface area contributed by atoms with Gasteiger partial charge in [-0.2, -0.15) is 0 Å². The molecule has 0 aliphatic carbocycles. The molecule has 68 valence electrons. The lowest BCUT2D eigenvalue weighted by Gasteiger charge is -2.03. The molecule has 5 heteroatoms. The molecule has 12 heavy (non-hydrogen) atoms. The number of hydrogen-bond donors (Lipinski definition) is 0. The molecular formula is C7H9BrO4. The molecule has 0 saturated carbocycles. The van der Waals surface area contributed by atoms with E-state index < -0.39 is 22.4 Å². The SMILES string of the molecule is COC(=O)CC(Br)C(=O)C(C)=O. The molecule has 0 aromatic heterocycles. The standard InChI is InChI=1S/C7H9BrO4/c1-4(9)7(11)5(8)3-6(10)12-2/h5H,3H2,1-2H3. The molecule has 4 nitrogen and oxygen atoms in total. The van der Waals surface area contributed by atoms with E-state index in [4.69, 9.17) is 0 Å². The Labute approximate surface area is 78.4 Å². The molecule has 0 fully saturated rings. The average Bonchev–Trinajstić information content (AvgIpc) is 2.02. The van der Waals surface area contributed by atoms with Crippen LogP contribution in [0.2, 0.25) is 0 Å². The Balaban J connectivity index is 4.04. The summed E-state index contributed by atoms with van der Waals surface area (Å²) in [5.41, 5.74) is 0. The predicted octanol–water partition coefficient (Wildman–Crippen LogP) is 0.471. The first-order chi connectivity index (χ1) is 5.49. The van der Waals surface area contributed by atoms with Crippen LogP contribution in [-0.4, -0.2) is 29.5 Å². The number of alkyl halides is 1. The topological polar surface area (TPSA) is 60.4 Å². The maximum absolute atomic E-state index is 10.9. The largest absolute Gasteiger partial charge is 0.469 e. The zero-order valence-corrected chi connectivity index (χ0v) is 8.38. The first-order valence-corrected chi connectivity index (χ1v) is 4.16. The summed E-state index contributed by atoms with van der Waals surface area (Å²) >= 11 is 2.91. The quantitative estimate of drug-likeness (QED) is 0.405. The smallest absolute Gasteiger partial charge is 0.307 e. The first-order valence-electron chi connectivity index (χ1n) is 3.24. The van der Waals surface area contributed by atoms with Crippen LogP contribution in [0.1, 0.15) is 13.3 Å². The van der Waals surface area contributed by atoms with Gasteiger partial charge in [0.05, 0.1) is 18.4 Å². The van der Waals surface area contributed by atoms with Crippen molar-refractivity contribution >= 4 is 33.5 Å². The van der Waals surface area contributed by atoms with Gasteiger partial charge in [0, 0.05) is 6.92 Å². The second kappa shape index (κ2) is 5.03. The monoisotopic (exact) mass is 236 g/mol. The number of ether oxygens (including phenoxy) is 1. The van der Waals surface area contributed by atoms with Gasteiger partial charge in [-0.15, -0.1) is 0 Å². The Morgan fingerprint density at radius 2 is 1.92 bits per heavy atom. The second-order valence-corrected chi connectivity index (χ2v) is 3.27. The molecule has 0 amide bonds. The van der Waals surface area contributed by atoms with E-state index in [1.54, 1.807) is 0 Å². The first kappa shape index (κ1) is 11.3. The minimum atomic E-state index is -0.762. The van der Waals surface area contributed by atoms with Gasteiger partial charge in [0.1, 0.15) is 0 Å². The Bertz CT molecular complexity index is 211. The molecule has 1 atom stereocenters. The fraction of sp³-hybridized carbons (Fsp3) is 0.571. The molecule has 0 aliphatic rings. The summed E-state index contributed by atoms with van der Waals surface area (Å²) < 4.78 is 4.32. The van der Waals surface area contributed by atoms with Crippen molar-refractivity contribution in [3.8, 4) is 0 Å².